The number of nitrogens with zero attached hydrogens (tertiary/aromatic N) is 5. The summed E-state index contributed by atoms with van der Waals surface area (Å²) < 4.78 is 7.75. The van der Waals surface area contributed by atoms with E-state index in [1.165, 1.54) is 12.8 Å². The maximum atomic E-state index is 5.57. The molecule has 0 aromatic carbocycles. The molecule has 1 atom stereocenters. The van der Waals surface area contributed by atoms with Crippen LogP contribution in [-0.4, -0.2) is 37.7 Å². The Labute approximate surface area is 160 Å². The Kier molecular flexibility index (Phi) is 5.43. The van der Waals surface area contributed by atoms with Crippen molar-refractivity contribution in [3.05, 3.63) is 48.1 Å². The maximum absolute atomic E-state index is 5.57. The van der Waals surface area contributed by atoms with Crippen molar-refractivity contribution in [2.75, 3.05) is 13.2 Å². The van der Waals surface area contributed by atoms with Crippen molar-refractivity contribution in [2.24, 2.45) is 5.92 Å². The summed E-state index contributed by atoms with van der Waals surface area (Å²) in [5.41, 5.74) is 4.09. The first-order valence-electron chi connectivity index (χ1n) is 9.89. The smallest absolute Gasteiger partial charge is 0.128 e. The lowest BCUT2D eigenvalue weighted by molar-refractivity contribution is 0.0516. The number of hydrogen-bond donors (Lipinski definition) is 0. The first-order chi connectivity index (χ1) is 13.2. The first kappa shape index (κ1) is 18.0. The summed E-state index contributed by atoms with van der Waals surface area (Å²) in [5, 5.41) is 0. The summed E-state index contributed by atoms with van der Waals surface area (Å²) in [4.78, 5) is 18.2. The molecule has 0 bridgehead atoms. The molecule has 4 rings (SSSR count). The van der Waals surface area contributed by atoms with E-state index >= 15 is 0 Å². The van der Waals surface area contributed by atoms with Crippen molar-refractivity contribution in [1.29, 1.82) is 0 Å². The molecule has 4 heterocycles. The summed E-state index contributed by atoms with van der Waals surface area (Å²) in [6.45, 7) is 6.12. The predicted molar refractivity (Wildman–Crippen MR) is 105 cm³/mol. The molecule has 27 heavy (non-hydrogen) atoms. The second-order valence-corrected chi connectivity index (χ2v) is 7.67. The Hall–Kier alpha value is -2.34. The largest absolute Gasteiger partial charge is 0.381 e. The van der Waals surface area contributed by atoms with E-state index in [0.29, 0.717) is 18.4 Å². The normalized spacial score (nSPS) is 17.7. The average molecular weight is 365 g/mol. The molecule has 3 aromatic heterocycles. The van der Waals surface area contributed by atoms with Crippen LogP contribution in [0.15, 0.2) is 30.9 Å². The molecule has 1 saturated heterocycles. The highest BCUT2D eigenvalue weighted by Crippen LogP contribution is 2.20. The highest BCUT2D eigenvalue weighted by molar-refractivity contribution is 5.74. The molecule has 1 fully saturated rings. The molecular formula is C21H27N5O. The van der Waals surface area contributed by atoms with Crippen LogP contribution in [0.4, 0.5) is 0 Å². The summed E-state index contributed by atoms with van der Waals surface area (Å²) in [6.07, 6.45) is 10.8. The third-order valence-electron chi connectivity index (χ3n) is 5.23. The van der Waals surface area contributed by atoms with Gasteiger partial charge in [0.1, 0.15) is 11.3 Å². The van der Waals surface area contributed by atoms with Gasteiger partial charge in [-0.05, 0) is 51.2 Å². The molecule has 142 valence electrons. The quantitative estimate of drug-likeness (QED) is 0.665. The van der Waals surface area contributed by atoms with Crippen molar-refractivity contribution < 1.29 is 4.74 Å². The zero-order valence-corrected chi connectivity index (χ0v) is 16.1. The second-order valence-electron chi connectivity index (χ2n) is 7.67. The molecule has 0 radical (unpaired) electrons. The molecule has 3 aromatic rings. The van der Waals surface area contributed by atoms with Crippen molar-refractivity contribution in [1.82, 2.24) is 24.5 Å². The van der Waals surface area contributed by atoms with Gasteiger partial charge in [-0.25, -0.2) is 15.0 Å². The zero-order chi connectivity index (χ0) is 18.6. The minimum atomic E-state index is 0.375. The highest BCUT2D eigenvalue weighted by Gasteiger charge is 2.14. The number of aryl methyl sites for hydroxylation is 1. The van der Waals surface area contributed by atoms with Crippen LogP contribution in [0.5, 0.6) is 0 Å². The minimum Gasteiger partial charge on any atom is -0.381 e. The molecule has 1 aliphatic heterocycles. The maximum Gasteiger partial charge on any atom is 0.128 e. The monoisotopic (exact) mass is 365 g/mol. The van der Waals surface area contributed by atoms with E-state index in [1.54, 1.807) is 0 Å². The lowest BCUT2D eigenvalue weighted by Gasteiger charge is -2.21. The topological polar surface area (TPSA) is 65.7 Å². The fourth-order valence-electron chi connectivity index (χ4n) is 3.69. The van der Waals surface area contributed by atoms with Crippen LogP contribution in [0.2, 0.25) is 0 Å². The second kappa shape index (κ2) is 8.13. The Morgan fingerprint density at radius 1 is 1.22 bits per heavy atom. The number of imidazole rings is 1. The van der Waals surface area contributed by atoms with Gasteiger partial charge in [-0.2, -0.15) is 0 Å². The zero-order valence-electron chi connectivity index (χ0n) is 16.1. The van der Waals surface area contributed by atoms with Gasteiger partial charge in [-0.1, -0.05) is 0 Å². The SMILES string of the molecule is CC(C)n1cnc2cnc(Cc3ccnc(CCC4CCCOC4)n3)cc21. The Bertz CT molecular complexity index is 898. The average Bonchev–Trinajstić information content (AvgIpc) is 3.11. The van der Waals surface area contributed by atoms with E-state index < -0.39 is 0 Å². The van der Waals surface area contributed by atoms with Gasteiger partial charge in [-0.15, -0.1) is 0 Å². The van der Waals surface area contributed by atoms with E-state index in [9.17, 15) is 0 Å². The van der Waals surface area contributed by atoms with Crippen molar-refractivity contribution in [3.8, 4) is 0 Å². The number of fused-ring (bicyclic) bond motifs is 1. The van der Waals surface area contributed by atoms with Gasteiger partial charge in [0.05, 0.1) is 23.7 Å². The molecule has 6 nitrogen and oxygen atoms in total. The van der Waals surface area contributed by atoms with Crippen LogP contribution in [0, 0.1) is 5.92 Å². The summed E-state index contributed by atoms with van der Waals surface area (Å²) in [5.74, 6) is 1.57. The van der Waals surface area contributed by atoms with E-state index in [2.05, 4.69) is 39.4 Å². The molecule has 1 aliphatic rings. The Balaban J connectivity index is 1.46. The number of rotatable bonds is 6. The fraction of sp³-hybridized carbons (Fsp3) is 0.524. The molecule has 0 aliphatic carbocycles. The molecule has 0 spiro atoms. The fourth-order valence-corrected chi connectivity index (χ4v) is 3.69. The lowest BCUT2D eigenvalue weighted by atomic mass is 9.97. The van der Waals surface area contributed by atoms with Crippen LogP contribution >= 0.6 is 0 Å². The van der Waals surface area contributed by atoms with Gasteiger partial charge in [0.25, 0.3) is 0 Å². The van der Waals surface area contributed by atoms with Crippen LogP contribution in [0.3, 0.4) is 0 Å². The Morgan fingerprint density at radius 3 is 2.96 bits per heavy atom. The van der Waals surface area contributed by atoms with Gasteiger partial charge >= 0.3 is 0 Å². The van der Waals surface area contributed by atoms with E-state index in [4.69, 9.17) is 9.72 Å². The molecular weight excluding hydrogens is 338 g/mol. The van der Waals surface area contributed by atoms with Crippen LogP contribution in [0.25, 0.3) is 11.0 Å². The molecule has 1 unspecified atom stereocenters. The van der Waals surface area contributed by atoms with Gasteiger partial charge in [0.2, 0.25) is 0 Å². The van der Waals surface area contributed by atoms with Crippen molar-refractivity contribution in [2.45, 2.75) is 52.0 Å². The number of hydrogen-bond acceptors (Lipinski definition) is 5. The van der Waals surface area contributed by atoms with Crippen LogP contribution in [-0.2, 0) is 17.6 Å². The van der Waals surface area contributed by atoms with E-state index in [0.717, 1.165) is 54.3 Å². The summed E-state index contributed by atoms with van der Waals surface area (Å²) in [7, 11) is 0. The van der Waals surface area contributed by atoms with E-state index in [1.807, 2.05) is 24.8 Å². The van der Waals surface area contributed by atoms with Crippen LogP contribution in [0.1, 0.15) is 56.4 Å². The summed E-state index contributed by atoms with van der Waals surface area (Å²) in [6, 6.07) is 4.49. The summed E-state index contributed by atoms with van der Waals surface area (Å²) >= 11 is 0. The van der Waals surface area contributed by atoms with Gasteiger partial charge in [0.15, 0.2) is 0 Å². The highest BCUT2D eigenvalue weighted by atomic mass is 16.5. The Morgan fingerprint density at radius 2 is 2.15 bits per heavy atom. The molecule has 0 saturated carbocycles. The predicted octanol–water partition coefficient (Wildman–Crippen LogP) is 3.75. The van der Waals surface area contributed by atoms with Gasteiger partial charge in [0, 0.05) is 44.0 Å². The molecule has 0 N–H and O–H groups in total. The van der Waals surface area contributed by atoms with Gasteiger partial charge < -0.3 is 9.30 Å². The van der Waals surface area contributed by atoms with Crippen molar-refractivity contribution in [3.63, 3.8) is 0 Å². The molecule has 0 amide bonds. The van der Waals surface area contributed by atoms with Crippen molar-refractivity contribution >= 4 is 11.0 Å². The third-order valence-corrected chi connectivity index (χ3v) is 5.23. The first-order valence-corrected chi connectivity index (χ1v) is 9.89. The number of pyridine rings is 1. The third kappa shape index (κ3) is 4.33. The molecule has 6 heteroatoms. The minimum absolute atomic E-state index is 0.375. The number of aromatic nitrogens is 5. The standard InChI is InChI=1S/C21H27N5O/c1-15(2)26-14-24-19-12-23-18(11-20(19)26)10-17-7-8-22-21(25-17)6-5-16-4-3-9-27-13-16/h7-8,11-12,14-16H,3-6,9-10,13H2,1-2H3. The van der Waals surface area contributed by atoms with Crippen LogP contribution < -0.4 is 0 Å². The van der Waals surface area contributed by atoms with Gasteiger partial charge in [-0.3, -0.25) is 4.98 Å². The van der Waals surface area contributed by atoms with E-state index in [-0.39, 0.29) is 0 Å². The number of ether oxygens (including phenoxy) is 1. The lowest BCUT2D eigenvalue weighted by Crippen LogP contribution is -2.18.